The molecule has 0 saturated heterocycles. The van der Waals surface area contributed by atoms with Gasteiger partial charge in [0.25, 0.3) is 5.91 Å². The van der Waals surface area contributed by atoms with E-state index in [2.05, 4.69) is 20.4 Å². The van der Waals surface area contributed by atoms with Gasteiger partial charge in [-0.05, 0) is 43.5 Å². The van der Waals surface area contributed by atoms with Crippen LogP contribution < -0.4 is 10.1 Å². The maximum absolute atomic E-state index is 12.7. The van der Waals surface area contributed by atoms with Crippen LogP contribution in [0.2, 0.25) is 0 Å². The van der Waals surface area contributed by atoms with Crippen molar-refractivity contribution in [3.8, 4) is 11.6 Å². The molecule has 0 aliphatic heterocycles. The van der Waals surface area contributed by atoms with Crippen molar-refractivity contribution >= 4 is 5.91 Å². The Balaban J connectivity index is 1.45. The first kappa shape index (κ1) is 16.3. The highest BCUT2D eigenvalue weighted by atomic mass is 16.5. The van der Waals surface area contributed by atoms with E-state index in [-0.39, 0.29) is 18.1 Å². The number of rotatable bonds is 5. The molecule has 2 heterocycles. The SMILES string of the molecule is O=C(NC1CCCC1Oc1ccccc1)c1ccnc(-n2cncn2)c1. The van der Waals surface area contributed by atoms with Crippen LogP contribution in [0.3, 0.4) is 0 Å². The van der Waals surface area contributed by atoms with Crippen molar-refractivity contribution in [3.63, 3.8) is 0 Å². The Kier molecular flexibility index (Phi) is 4.59. The van der Waals surface area contributed by atoms with E-state index in [0.29, 0.717) is 11.4 Å². The van der Waals surface area contributed by atoms with Gasteiger partial charge in [-0.2, -0.15) is 5.10 Å². The molecule has 2 unspecified atom stereocenters. The van der Waals surface area contributed by atoms with E-state index in [1.54, 1.807) is 24.7 Å². The average Bonchev–Trinajstić information content (AvgIpc) is 3.35. The zero-order valence-corrected chi connectivity index (χ0v) is 14.2. The Morgan fingerprint density at radius 1 is 1.19 bits per heavy atom. The predicted molar refractivity (Wildman–Crippen MR) is 95.1 cm³/mol. The molecule has 1 aromatic carbocycles. The first-order valence-electron chi connectivity index (χ1n) is 8.63. The highest BCUT2D eigenvalue weighted by Crippen LogP contribution is 2.25. The molecule has 1 fully saturated rings. The Morgan fingerprint density at radius 3 is 2.88 bits per heavy atom. The van der Waals surface area contributed by atoms with E-state index in [9.17, 15) is 4.79 Å². The third kappa shape index (κ3) is 3.56. The van der Waals surface area contributed by atoms with E-state index in [1.165, 1.54) is 11.0 Å². The van der Waals surface area contributed by atoms with Crippen LogP contribution in [0.5, 0.6) is 5.75 Å². The van der Waals surface area contributed by atoms with Crippen molar-refractivity contribution in [1.29, 1.82) is 0 Å². The number of carbonyl (C=O) groups excluding carboxylic acids is 1. The molecule has 132 valence electrons. The van der Waals surface area contributed by atoms with Crippen LogP contribution in [-0.2, 0) is 0 Å². The second-order valence-corrected chi connectivity index (χ2v) is 6.22. The fraction of sp³-hybridized carbons (Fsp3) is 0.263. The van der Waals surface area contributed by atoms with Crippen LogP contribution in [0.4, 0.5) is 0 Å². The maximum Gasteiger partial charge on any atom is 0.251 e. The van der Waals surface area contributed by atoms with Crippen LogP contribution in [0.1, 0.15) is 29.6 Å². The van der Waals surface area contributed by atoms with Crippen molar-refractivity contribution in [2.24, 2.45) is 0 Å². The van der Waals surface area contributed by atoms with Crippen LogP contribution in [-0.4, -0.2) is 37.8 Å². The van der Waals surface area contributed by atoms with Crippen LogP contribution in [0, 0.1) is 0 Å². The maximum atomic E-state index is 12.7. The summed E-state index contributed by atoms with van der Waals surface area (Å²) in [4.78, 5) is 20.8. The standard InChI is InChI=1S/C19H19N5O2/c25-19(14-9-10-21-18(11-14)24-13-20-12-22-24)23-16-7-4-8-17(16)26-15-5-2-1-3-6-15/h1-3,5-6,9-13,16-17H,4,7-8H2,(H,23,25). The second kappa shape index (κ2) is 7.35. The van der Waals surface area contributed by atoms with Gasteiger partial charge in [-0.15, -0.1) is 0 Å². The first-order chi connectivity index (χ1) is 12.8. The number of aromatic nitrogens is 4. The molecule has 1 amide bonds. The van der Waals surface area contributed by atoms with E-state index in [1.807, 2.05) is 30.3 Å². The third-order valence-electron chi connectivity index (χ3n) is 4.46. The molecule has 2 atom stereocenters. The molecule has 3 aromatic rings. The van der Waals surface area contributed by atoms with Crippen molar-refractivity contribution in [3.05, 3.63) is 66.9 Å². The van der Waals surface area contributed by atoms with E-state index in [0.717, 1.165) is 25.0 Å². The molecule has 1 saturated carbocycles. The van der Waals surface area contributed by atoms with Gasteiger partial charge in [0.15, 0.2) is 5.82 Å². The highest BCUT2D eigenvalue weighted by molar-refractivity contribution is 5.94. The lowest BCUT2D eigenvalue weighted by molar-refractivity contribution is 0.0894. The molecular formula is C19H19N5O2. The number of pyridine rings is 1. The monoisotopic (exact) mass is 349 g/mol. The largest absolute Gasteiger partial charge is 0.488 e. The lowest BCUT2D eigenvalue weighted by Gasteiger charge is -2.22. The molecule has 7 heteroatoms. The fourth-order valence-corrected chi connectivity index (χ4v) is 3.17. The summed E-state index contributed by atoms with van der Waals surface area (Å²) in [5, 5.41) is 7.14. The minimum absolute atomic E-state index is 0.00862. The van der Waals surface area contributed by atoms with Gasteiger partial charge in [0, 0.05) is 11.8 Å². The van der Waals surface area contributed by atoms with E-state index >= 15 is 0 Å². The van der Waals surface area contributed by atoms with Crippen molar-refractivity contribution in [2.75, 3.05) is 0 Å². The molecule has 0 bridgehead atoms. The molecular weight excluding hydrogens is 330 g/mol. The number of nitrogens with one attached hydrogen (secondary N) is 1. The summed E-state index contributed by atoms with van der Waals surface area (Å²) in [6.45, 7) is 0. The lowest BCUT2D eigenvalue weighted by Crippen LogP contribution is -2.42. The molecule has 7 nitrogen and oxygen atoms in total. The molecule has 1 aliphatic rings. The first-order valence-corrected chi connectivity index (χ1v) is 8.63. The number of amides is 1. The summed E-state index contributed by atoms with van der Waals surface area (Å²) in [6.07, 6.45) is 7.42. The molecule has 0 spiro atoms. The number of hydrogen-bond donors (Lipinski definition) is 1. The van der Waals surface area contributed by atoms with Gasteiger partial charge < -0.3 is 10.1 Å². The van der Waals surface area contributed by atoms with Crippen LogP contribution >= 0.6 is 0 Å². The fourth-order valence-electron chi connectivity index (χ4n) is 3.17. The van der Waals surface area contributed by atoms with Gasteiger partial charge in [0.1, 0.15) is 24.5 Å². The minimum atomic E-state index is -0.137. The van der Waals surface area contributed by atoms with Crippen LogP contribution in [0.25, 0.3) is 5.82 Å². The number of hydrogen-bond acceptors (Lipinski definition) is 5. The molecule has 1 N–H and O–H groups in total. The zero-order chi connectivity index (χ0) is 17.8. The van der Waals surface area contributed by atoms with Gasteiger partial charge >= 0.3 is 0 Å². The Labute approximate surface area is 151 Å². The van der Waals surface area contributed by atoms with Gasteiger partial charge in [0.2, 0.25) is 0 Å². The number of ether oxygens (including phenoxy) is 1. The number of nitrogens with zero attached hydrogens (tertiary/aromatic N) is 4. The highest BCUT2D eigenvalue weighted by Gasteiger charge is 2.30. The molecule has 26 heavy (non-hydrogen) atoms. The Bertz CT molecular complexity index is 867. The van der Waals surface area contributed by atoms with Crippen molar-refractivity contribution in [2.45, 2.75) is 31.4 Å². The molecule has 1 aliphatic carbocycles. The zero-order valence-electron chi connectivity index (χ0n) is 14.2. The van der Waals surface area contributed by atoms with Gasteiger partial charge in [-0.1, -0.05) is 18.2 Å². The van der Waals surface area contributed by atoms with Crippen LogP contribution in [0.15, 0.2) is 61.3 Å². The lowest BCUT2D eigenvalue weighted by atomic mass is 10.1. The summed E-state index contributed by atoms with van der Waals surface area (Å²) >= 11 is 0. The summed E-state index contributed by atoms with van der Waals surface area (Å²) in [7, 11) is 0. The Hall–Kier alpha value is -3.22. The number of benzene rings is 1. The predicted octanol–water partition coefficient (Wildman–Crippen LogP) is 2.39. The second-order valence-electron chi connectivity index (χ2n) is 6.22. The Morgan fingerprint density at radius 2 is 2.08 bits per heavy atom. The van der Waals surface area contributed by atoms with Crippen molar-refractivity contribution < 1.29 is 9.53 Å². The average molecular weight is 349 g/mol. The number of carbonyl (C=O) groups is 1. The third-order valence-corrected chi connectivity index (χ3v) is 4.46. The van der Waals surface area contributed by atoms with E-state index < -0.39 is 0 Å². The van der Waals surface area contributed by atoms with Gasteiger partial charge in [-0.3, -0.25) is 4.79 Å². The number of para-hydroxylation sites is 1. The smallest absolute Gasteiger partial charge is 0.251 e. The van der Waals surface area contributed by atoms with E-state index in [4.69, 9.17) is 4.74 Å². The minimum Gasteiger partial charge on any atom is -0.488 e. The summed E-state index contributed by atoms with van der Waals surface area (Å²) < 4.78 is 7.58. The normalized spacial score (nSPS) is 19.2. The van der Waals surface area contributed by atoms with Gasteiger partial charge in [-0.25, -0.2) is 14.6 Å². The molecule has 2 aromatic heterocycles. The summed E-state index contributed by atoms with van der Waals surface area (Å²) in [6, 6.07) is 13.1. The molecule has 4 rings (SSSR count). The molecule has 0 radical (unpaired) electrons. The summed E-state index contributed by atoms with van der Waals surface area (Å²) in [5.74, 6) is 1.25. The van der Waals surface area contributed by atoms with Gasteiger partial charge in [0.05, 0.1) is 6.04 Å². The summed E-state index contributed by atoms with van der Waals surface area (Å²) in [5.41, 5.74) is 0.538. The van der Waals surface area contributed by atoms with Crippen molar-refractivity contribution in [1.82, 2.24) is 25.1 Å². The topological polar surface area (TPSA) is 81.9 Å². The quantitative estimate of drug-likeness (QED) is 0.765.